The number of aromatic amines is 1. The van der Waals surface area contributed by atoms with Gasteiger partial charge in [-0.25, -0.2) is 54.6 Å². The van der Waals surface area contributed by atoms with Gasteiger partial charge in [-0.2, -0.15) is 9.97 Å². The summed E-state index contributed by atoms with van der Waals surface area (Å²) < 4.78 is 150. The van der Waals surface area contributed by atoms with E-state index in [9.17, 15) is 87.6 Å². The topological polar surface area (TPSA) is 644 Å². The summed E-state index contributed by atoms with van der Waals surface area (Å²) in [6.07, 6.45) is -8.69. The molecule has 49 nitrogen and oxygen atoms in total. The van der Waals surface area contributed by atoms with Crippen molar-refractivity contribution in [2.24, 2.45) is 0 Å². The highest BCUT2D eigenvalue weighted by atomic mass is 32.7. The van der Waals surface area contributed by atoms with E-state index in [0.717, 1.165) is 50.4 Å². The quantitative estimate of drug-likeness (QED) is 0.00785. The standard InChI is InChI=1S/C21H33FN5O7PS.C21H34N5O8PS.C20H33N2O9PS.C19H30N5O8PS/c1-7-31-18-15-17(24-13(5)25-18)27(11-23-15)20-21(6,22)16(28)14(34-20)10-33-35(30,36-9-3)26-12(4)19(29)32-8-2;1-7-31-18-15-17(23-13(5)24-18)26(11-22-15)20-21(6,29)16(27)14(34-20)10-33-35(30,36-9-3)25-12(4)19(28)32-8-2;1-6-9-33-32(28,21-13(4)18(26)30-12(2)3)29-11-15-17(25)20(5,27)19(31-15)22-8-7-14(23)10-16(22)24;1-6-30-17(27)10(3)23-33(29,34-7-2)31-8-12-14(25)19(5,28)18(32-12)24-9-20-13-15(24)21-11(4)22-16(13)26/h11-12,14,16,20,28H,7-10H2,1-6H3,(H,26,30);11-12,14,16,20,27,29H,7-10H2,1-6H3,(H,25,30);7-8,12-13,15,17,19,25,27H,6,9-11H2,1-5H3,(H,21,28);9-10,12,14,18,25,28H,6-8H2,1-5H3,(H,23,29)(H,21,22,26)/t2*12?,14-,16-,20-,21-,35?;13?,15-,17-,19-,20-,32?;10?,12-,14-,18-,19-,33?/m1111/s1. The van der Waals surface area contributed by atoms with Gasteiger partial charge in [-0.3, -0.25) is 70.4 Å². The molecule has 4 fully saturated rings. The number of rotatable bonds is 45. The number of halogens is 1. The summed E-state index contributed by atoms with van der Waals surface area (Å²) in [5.74, 6) is 0.238. The summed E-state index contributed by atoms with van der Waals surface area (Å²) in [6.45, 7) is 21.0. The number of nitrogens with zero attached hydrogens (tertiary/aromatic N) is 12. The Balaban J connectivity index is 0.000000227. The fraction of sp³-hybridized carbons (Fsp3) is 0.716. The van der Waals surface area contributed by atoms with Crippen LogP contribution in [0.2, 0.25) is 0 Å². The molecule has 6 aromatic rings. The maximum atomic E-state index is 15.8. The van der Waals surface area contributed by atoms with Gasteiger partial charge in [0.2, 0.25) is 17.7 Å². The predicted molar refractivity (Wildman–Crippen MR) is 510 cm³/mol. The van der Waals surface area contributed by atoms with Crippen LogP contribution >= 0.6 is 72.4 Å². The molecule has 0 spiro atoms. The van der Waals surface area contributed by atoms with Gasteiger partial charge in [0.25, 0.3) is 5.56 Å². The van der Waals surface area contributed by atoms with E-state index in [0.29, 0.717) is 82.7 Å². The lowest BCUT2D eigenvalue weighted by atomic mass is 9.95. The number of aromatic nitrogens is 12. The summed E-state index contributed by atoms with van der Waals surface area (Å²) in [4.78, 5) is 122. The summed E-state index contributed by atoms with van der Waals surface area (Å²) in [5.41, 5.74) is -6.57. The second kappa shape index (κ2) is 50.9. The minimum Gasteiger partial charge on any atom is -0.476 e. The lowest BCUT2D eigenvalue weighted by molar-refractivity contribution is -0.158. The number of aliphatic hydroxyl groups is 7. The Hall–Kier alpha value is -6.70. The van der Waals surface area contributed by atoms with Crippen molar-refractivity contribution in [2.45, 2.75) is 292 Å². The third-order valence-corrected chi connectivity index (χ3v) is 38.1. The molecular weight excluding hydrogens is 1990 g/mol. The number of amides is 1. The van der Waals surface area contributed by atoms with E-state index < -0.39 is 189 Å². The zero-order valence-corrected chi connectivity index (χ0v) is 88.2. The Kier molecular flexibility index (Phi) is 43.0. The predicted octanol–water partition coefficient (Wildman–Crippen LogP) is 7.09. The smallest absolute Gasteiger partial charge is 0.327 e. The van der Waals surface area contributed by atoms with E-state index in [2.05, 4.69) is 65.2 Å². The first-order valence-electron chi connectivity index (χ1n) is 44.9. The number of hydrogen-bond acceptors (Lipinski definition) is 44. The number of aliphatic hydroxyl groups excluding tert-OH is 4. The number of ether oxygens (including phenoxy) is 10. The number of fused-ring (bicyclic) bond motifs is 3. The number of nitrogens with one attached hydrogen (secondary N) is 5. The lowest BCUT2D eigenvalue weighted by Crippen LogP contribution is -2.54. The number of carbonyl (C=O) groups is 6. The molecule has 8 unspecified atom stereocenters. The third-order valence-electron chi connectivity index (χ3n) is 21.2. The minimum atomic E-state index is -3.63. The average Bonchev–Trinajstić information content (AvgIpc) is 1.63. The van der Waals surface area contributed by atoms with Crippen LogP contribution in [0.1, 0.15) is 181 Å². The van der Waals surface area contributed by atoms with Crippen molar-refractivity contribution in [1.29, 1.82) is 0 Å². The van der Waals surface area contributed by atoms with Crippen molar-refractivity contribution in [2.75, 3.05) is 82.5 Å². The van der Waals surface area contributed by atoms with Crippen molar-refractivity contribution in [3.8, 4) is 11.8 Å². The molecule has 11 rings (SSSR count). The summed E-state index contributed by atoms with van der Waals surface area (Å²) in [5, 5.41) is 86.8. The zero-order valence-electron chi connectivity index (χ0n) is 81.3. The van der Waals surface area contributed by atoms with Crippen molar-refractivity contribution in [3.63, 3.8) is 0 Å². The van der Waals surface area contributed by atoms with Crippen LogP contribution in [0.5, 0.6) is 11.8 Å². The Labute approximate surface area is 818 Å². The van der Waals surface area contributed by atoms with E-state index in [-0.39, 0.29) is 80.6 Å². The van der Waals surface area contributed by atoms with E-state index in [4.69, 9.17) is 65.5 Å². The number of esters is 4. The number of allylic oxidation sites excluding steroid dienone is 1. The van der Waals surface area contributed by atoms with Crippen molar-refractivity contribution in [3.05, 3.63) is 59.1 Å². The normalized spacial score (nSPS) is 27.8. The largest absolute Gasteiger partial charge is 0.476 e. The highest BCUT2D eigenvalue weighted by Crippen LogP contribution is 2.61. The summed E-state index contributed by atoms with van der Waals surface area (Å²) in [6, 6.07) is -3.58. The van der Waals surface area contributed by atoms with Crippen LogP contribution in [0, 0.1) is 20.8 Å². The van der Waals surface area contributed by atoms with Crippen LogP contribution in [0.15, 0.2) is 36.1 Å². The highest BCUT2D eigenvalue weighted by Gasteiger charge is 2.60. The SMILES string of the molecule is CCCSP(=O)(NC(C)C(=O)OC(C)C)OC[C@H]1O[C@@H](N2C=CC(=O)CC2=O)[C@](C)(O)[C@@H]1O.CCOC(=O)C(C)NP(=O)(OC[C@H]1O[C@@H](n2cnc3c(=O)[nH]c(C)nc32)[C@](C)(O)[C@@H]1O)SCC.CCOC(=O)C(C)NP(=O)(OC[C@H]1O[C@@H](n2cnc3c(OCC)nc(C)nc32)[C@](C)(F)[C@@H]1O)SCC.CCOC(=O)C(C)NP(=O)(OC[C@H]1O[C@@H](n2cnc3c(OCC)nc(C)nc32)[C@](C)(O)[C@@H]1O)SCC. The molecule has 58 heteroatoms. The average molecular weight is 2130 g/mol. The number of aryl methyl sites for hydroxylation is 3. The maximum Gasteiger partial charge on any atom is 0.327 e. The molecule has 0 bridgehead atoms. The molecule has 11 heterocycles. The van der Waals surface area contributed by atoms with Crippen LogP contribution in [0.3, 0.4) is 0 Å². The second-order valence-electron chi connectivity index (χ2n) is 33.0. The van der Waals surface area contributed by atoms with E-state index in [1.807, 2.05) is 13.8 Å². The monoisotopic (exact) mass is 2120 g/mol. The van der Waals surface area contributed by atoms with Crippen molar-refractivity contribution < 1.29 is 153 Å². The molecule has 139 heavy (non-hydrogen) atoms. The molecule has 782 valence electrons. The molecule has 5 aliphatic heterocycles. The van der Waals surface area contributed by atoms with Gasteiger partial charge in [-0.1, -0.05) is 73.2 Å². The Morgan fingerprint density at radius 1 is 0.489 bits per heavy atom. The fourth-order valence-electron chi connectivity index (χ4n) is 14.4. The van der Waals surface area contributed by atoms with Gasteiger partial charge in [0.15, 0.2) is 69.9 Å². The van der Waals surface area contributed by atoms with Crippen molar-refractivity contribution in [1.82, 2.24) is 83.8 Å². The molecule has 24 atom stereocenters. The highest BCUT2D eigenvalue weighted by molar-refractivity contribution is 8.57. The molecule has 0 aromatic carbocycles. The molecule has 6 aromatic heterocycles. The van der Waals surface area contributed by atoms with Gasteiger partial charge in [0.05, 0.1) is 91.0 Å². The molecular formula is C81H130FN17O32P4S4. The zero-order chi connectivity index (χ0) is 104. The molecule has 12 N–H and O–H groups in total. The number of ketones is 1. The number of hydrogen-bond donors (Lipinski definition) is 12. The van der Waals surface area contributed by atoms with Crippen LogP contribution in [0.4, 0.5) is 4.39 Å². The molecule has 5 aliphatic rings. The molecule has 1 amide bonds. The number of carbonyl (C=O) groups excluding carboxylic acids is 6. The minimum absolute atomic E-state index is 0.0557. The van der Waals surface area contributed by atoms with Crippen LogP contribution in [-0.4, -0.2) is 325 Å². The Morgan fingerprint density at radius 2 is 0.827 bits per heavy atom. The Morgan fingerprint density at radius 3 is 1.19 bits per heavy atom. The van der Waals surface area contributed by atoms with Gasteiger partial charge < -0.3 is 106 Å². The number of imidazole rings is 3. The lowest BCUT2D eigenvalue weighted by Gasteiger charge is -2.34. The van der Waals surface area contributed by atoms with Crippen molar-refractivity contribution >= 4 is 141 Å². The summed E-state index contributed by atoms with van der Waals surface area (Å²) in [7, 11) is 0. The van der Waals surface area contributed by atoms with Gasteiger partial charge in [0.1, 0.15) is 107 Å². The summed E-state index contributed by atoms with van der Waals surface area (Å²) >= 11 is 3.96. The van der Waals surface area contributed by atoms with Gasteiger partial charge in [-0.05, 0) is 137 Å². The first-order chi connectivity index (χ1) is 65.2. The fourth-order valence-corrected chi connectivity index (χ4v) is 29.2. The van der Waals surface area contributed by atoms with Gasteiger partial charge in [0, 0.05) is 29.2 Å². The van der Waals surface area contributed by atoms with Crippen LogP contribution < -0.4 is 35.4 Å². The number of alkyl halides is 1. The van der Waals surface area contributed by atoms with Gasteiger partial charge >= 0.3 is 50.8 Å². The molecule has 0 saturated carbocycles. The van der Waals surface area contributed by atoms with E-state index in [1.165, 1.54) is 100 Å². The Bertz CT molecular complexity index is 5320. The second-order valence-corrected chi connectivity index (χ2v) is 51.1. The van der Waals surface area contributed by atoms with Crippen LogP contribution in [-0.2, 0) is 103 Å². The molecule has 0 aliphatic carbocycles. The maximum absolute atomic E-state index is 15.8. The first-order valence-corrected chi connectivity index (χ1v) is 57.8. The molecule has 4 saturated heterocycles. The molecule has 0 radical (unpaired) electrons. The number of H-pyrrole nitrogens is 1. The van der Waals surface area contributed by atoms with Crippen LogP contribution in [0.25, 0.3) is 33.5 Å². The van der Waals surface area contributed by atoms with E-state index >= 15 is 4.39 Å². The third kappa shape index (κ3) is 29.4. The van der Waals surface area contributed by atoms with E-state index in [1.54, 1.807) is 83.1 Å². The first kappa shape index (κ1) is 118. The van der Waals surface area contributed by atoms with Gasteiger partial charge in [-0.15, -0.1) is 0 Å².